The Kier molecular flexibility index (Phi) is 1.47. The summed E-state index contributed by atoms with van der Waals surface area (Å²) in [5.41, 5.74) is 0.803. The maximum Gasteiger partial charge on any atom is 0.142 e. The highest BCUT2D eigenvalue weighted by atomic mass is 19.1. The molecule has 0 unspecified atom stereocenters. The van der Waals surface area contributed by atoms with Crippen LogP contribution in [-0.4, -0.2) is 34.2 Å². The van der Waals surface area contributed by atoms with Gasteiger partial charge in [0.2, 0.25) is 0 Å². The molecule has 1 fully saturated rings. The first-order chi connectivity index (χ1) is 6.84. The van der Waals surface area contributed by atoms with Crippen LogP contribution in [0, 0.1) is 0 Å². The molecular weight excluding hydrogens is 183 g/mol. The summed E-state index contributed by atoms with van der Waals surface area (Å²) in [6.07, 6.45) is 2.61. The summed E-state index contributed by atoms with van der Waals surface area (Å²) in [6.45, 7) is 0.884. The molecule has 1 N–H and O–H groups in total. The Morgan fingerprint density at radius 3 is 3.07 bits per heavy atom. The number of H-pyrrole nitrogens is 1. The topological polar surface area (TPSA) is 44.8 Å². The van der Waals surface area contributed by atoms with Crippen LogP contribution in [-0.2, 0) is 0 Å². The van der Waals surface area contributed by atoms with Crippen molar-refractivity contribution in [3.8, 4) is 0 Å². The molecule has 2 aromatic heterocycles. The second-order valence-electron chi connectivity index (χ2n) is 3.44. The average Bonchev–Trinajstić information content (AvgIpc) is 2.60. The number of anilines is 1. The third kappa shape index (κ3) is 0.982. The molecule has 0 aromatic carbocycles. The number of halogens is 1. The molecule has 0 atom stereocenters. The summed E-state index contributed by atoms with van der Waals surface area (Å²) in [4.78, 5) is 13.2. The fourth-order valence-corrected chi connectivity index (χ4v) is 1.71. The van der Waals surface area contributed by atoms with Crippen LogP contribution >= 0.6 is 0 Å². The lowest BCUT2D eigenvalue weighted by Crippen LogP contribution is -2.48. The molecule has 0 bridgehead atoms. The fraction of sp³-hybridized carbons (Fsp3) is 0.333. The number of nitrogens with one attached hydrogen (secondary N) is 1. The number of aromatic amines is 1. The lowest BCUT2D eigenvalue weighted by Gasteiger charge is -2.35. The number of alkyl halides is 1. The van der Waals surface area contributed by atoms with Gasteiger partial charge in [-0.05, 0) is 6.07 Å². The fourth-order valence-electron chi connectivity index (χ4n) is 1.71. The Hall–Kier alpha value is -1.65. The van der Waals surface area contributed by atoms with Crippen molar-refractivity contribution in [3.63, 3.8) is 0 Å². The highest BCUT2D eigenvalue weighted by Crippen LogP contribution is 2.26. The molecular formula is C9H9FN4. The summed E-state index contributed by atoms with van der Waals surface area (Å²) in [6, 6.07) is 1.91. The molecule has 0 spiro atoms. The molecule has 1 saturated heterocycles. The second-order valence-corrected chi connectivity index (χ2v) is 3.44. The van der Waals surface area contributed by atoms with Crippen LogP contribution in [0.5, 0.6) is 0 Å². The number of fused-ring (bicyclic) bond motifs is 1. The molecule has 3 heterocycles. The zero-order valence-electron chi connectivity index (χ0n) is 7.44. The third-order valence-electron chi connectivity index (χ3n) is 2.47. The van der Waals surface area contributed by atoms with Crippen molar-refractivity contribution in [3.05, 3.63) is 18.6 Å². The van der Waals surface area contributed by atoms with Crippen LogP contribution in [0.25, 0.3) is 11.0 Å². The molecule has 2 aromatic rings. The lowest BCUT2D eigenvalue weighted by atomic mass is 10.2. The molecule has 72 valence electrons. The van der Waals surface area contributed by atoms with E-state index in [4.69, 9.17) is 0 Å². The van der Waals surface area contributed by atoms with Crippen LogP contribution < -0.4 is 4.90 Å². The van der Waals surface area contributed by atoms with Gasteiger partial charge < -0.3 is 9.88 Å². The van der Waals surface area contributed by atoms with E-state index in [1.165, 1.54) is 6.33 Å². The first kappa shape index (κ1) is 7.73. The van der Waals surface area contributed by atoms with Crippen molar-refractivity contribution in [1.29, 1.82) is 0 Å². The first-order valence-corrected chi connectivity index (χ1v) is 4.52. The van der Waals surface area contributed by atoms with Crippen LogP contribution in [0.4, 0.5) is 10.2 Å². The Bertz CT molecular complexity index is 461. The van der Waals surface area contributed by atoms with Crippen molar-refractivity contribution in [2.45, 2.75) is 6.17 Å². The smallest absolute Gasteiger partial charge is 0.142 e. The molecule has 0 aliphatic carbocycles. The van der Waals surface area contributed by atoms with Crippen molar-refractivity contribution in [2.24, 2.45) is 0 Å². The van der Waals surface area contributed by atoms with Gasteiger partial charge in [0.25, 0.3) is 0 Å². The van der Waals surface area contributed by atoms with E-state index in [1.54, 1.807) is 0 Å². The summed E-state index contributed by atoms with van der Waals surface area (Å²) in [5, 5.41) is 0.958. The molecule has 1 aliphatic heterocycles. The van der Waals surface area contributed by atoms with Gasteiger partial charge in [-0.3, -0.25) is 0 Å². The Morgan fingerprint density at radius 1 is 1.43 bits per heavy atom. The largest absolute Gasteiger partial charge is 0.350 e. The second kappa shape index (κ2) is 2.67. The lowest BCUT2D eigenvalue weighted by molar-refractivity contribution is 0.274. The maximum absolute atomic E-state index is 12.7. The quantitative estimate of drug-likeness (QED) is 0.736. The van der Waals surface area contributed by atoms with E-state index in [2.05, 4.69) is 15.0 Å². The highest BCUT2D eigenvalue weighted by molar-refractivity contribution is 5.87. The minimum Gasteiger partial charge on any atom is -0.350 e. The maximum atomic E-state index is 12.7. The van der Waals surface area contributed by atoms with E-state index in [9.17, 15) is 4.39 Å². The van der Waals surface area contributed by atoms with E-state index in [0.717, 1.165) is 16.9 Å². The van der Waals surface area contributed by atoms with E-state index < -0.39 is 6.17 Å². The van der Waals surface area contributed by atoms with Crippen molar-refractivity contribution < 1.29 is 4.39 Å². The van der Waals surface area contributed by atoms with Crippen LogP contribution in [0.15, 0.2) is 18.6 Å². The van der Waals surface area contributed by atoms with Gasteiger partial charge >= 0.3 is 0 Å². The van der Waals surface area contributed by atoms with Crippen molar-refractivity contribution in [2.75, 3.05) is 18.0 Å². The van der Waals surface area contributed by atoms with Gasteiger partial charge in [-0.2, -0.15) is 0 Å². The predicted molar refractivity (Wildman–Crippen MR) is 51.0 cm³/mol. The Morgan fingerprint density at radius 2 is 2.29 bits per heavy atom. The minimum absolute atomic E-state index is 0.442. The number of rotatable bonds is 1. The average molecular weight is 192 g/mol. The summed E-state index contributed by atoms with van der Waals surface area (Å²) < 4.78 is 12.7. The SMILES string of the molecule is FC1CN(c2ncnc3[nH]ccc23)C1. The van der Waals surface area contributed by atoms with Gasteiger partial charge in [0.15, 0.2) is 0 Å². The van der Waals surface area contributed by atoms with Gasteiger partial charge in [0.05, 0.1) is 18.5 Å². The van der Waals surface area contributed by atoms with Crippen molar-refractivity contribution >= 4 is 16.9 Å². The Balaban J connectivity index is 2.07. The molecule has 1 aliphatic rings. The standard InChI is InChI=1S/C9H9FN4/c10-6-3-14(4-6)9-7-1-2-11-8(7)12-5-13-9/h1-2,5-6H,3-4H2,(H,11,12,13). The van der Waals surface area contributed by atoms with Gasteiger partial charge in [-0.1, -0.05) is 0 Å². The third-order valence-corrected chi connectivity index (χ3v) is 2.47. The van der Waals surface area contributed by atoms with Crippen LogP contribution in [0.2, 0.25) is 0 Å². The molecule has 0 saturated carbocycles. The minimum atomic E-state index is -0.709. The molecule has 0 radical (unpaired) electrons. The zero-order valence-corrected chi connectivity index (χ0v) is 7.44. The number of nitrogens with zero attached hydrogens (tertiary/aromatic N) is 3. The van der Waals surface area contributed by atoms with Gasteiger partial charge in [0, 0.05) is 6.20 Å². The van der Waals surface area contributed by atoms with Gasteiger partial charge in [-0.15, -0.1) is 0 Å². The molecule has 4 nitrogen and oxygen atoms in total. The molecule has 5 heteroatoms. The monoisotopic (exact) mass is 192 g/mol. The van der Waals surface area contributed by atoms with Crippen molar-refractivity contribution in [1.82, 2.24) is 15.0 Å². The number of hydrogen-bond donors (Lipinski definition) is 1. The summed E-state index contributed by atoms with van der Waals surface area (Å²) >= 11 is 0. The summed E-state index contributed by atoms with van der Waals surface area (Å²) in [7, 11) is 0. The van der Waals surface area contributed by atoms with Gasteiger partial charge in [0.1, 0.15) is 24.0 Å². The molecule has 3 rings (SSSR count). The van der Waals surface area contributed by atoms with Gasteiger partial charge in [-0.25, -0.2) is 14.4 Å². The normalized spacial score (nSPS) is 17.4. The van der Waals surface area contributed by atoms with Crippen LogP contribution in [0.1, 0.15) is 0 Å². The first-order valence-electron chi connectivity index (χ1n) is 4.52. The van der Waals surface area contributed by atoms with E-state index >= 15 is 0 Å². The molecule has 0 amide bonds. The van der Waals surface area contributed by atoms with Crippen LogP contribution in [0.3, 0.4) is 0 Å². The predicted octanol–water partition coefficient (Wildman–Crippen LogP) is 1.12. The number of aromatic nitrogens is 3. The van der Waals surface area contributed by atoms with E-state index in [-0.39, 0.29) is 0 Å². The number of hydrogen-bond acceptors (Lipinski definition) is 3. The van der Waals surface area contributed by atoms with E-state index in [0.29, 0.717) is 13.1 Å². The Labute approximate surface area is 79.8 Å². The van der Waals surface area contributed by atoms with E-state index in [1.807, 2.05) is 17.2 Å². The zero-order chi connectivity index (χ0) is 9.54. The summed E-state index contributed by atoms with van der Waals surface area (Å²) in [5.74, 6) is 0.824. The molecule has 14 heavy (non-hydrogen) atoms. The highest BCUT2D eigenvalue weighted by Gasteiger charge is 2.28.